The predicted octanol–water partition coefficient (Wildman–Crippen LogP) is 3.41. The van der Waals surface area contributed by atoms with Gasteiger partial charge in [-0.1, -0.05) is 0 Å². The molecule has 0 saturated carbocycles. The fourth-order valence-electron chi connectivity index (χ4n) is 3.80. The fourth-order valence-corrected chi connectivity index (χ4v) is 3.80. The van der Waals surface area contributed by atoms with Gasteiger partial charge in [0.2, 0.25) is 5.91 Å². The van der Waals surface area contributed by atoms with Crippen LogP contribution in [0.25, 0.3) is 11.1 Å². The zero-order chi connectivity index (χ0) is 21.4. The van der Waals surface area contributed by atoms with E-state index in [9.17, 15) is 14.0 Å². The van der Waals surface area contributed by atoms with Gasteiger partial charge in [-0.25, -0.2) is 4.39 Å². The fraction of sp³-hybridized carbons (Fsp3) is 0.261. The number of benzene rings is 1. The summed E-state index contributed by atoms with van der Waals surface area (Å²) < 4.78 is 16.7. The maximum absolute atomic E-state index is 14.9. The zero-order valence-corrected chi connectivity index (χ0v) is 17.2. The third kappa shape index (κ3) is 3.70. The van der Waals surface area contributed by atoms with Crippen LogP contribution >= 0.6 is 0 Å². The Kier molecular flexibility index (Phi) is 5.11. The molecule has 6 nitrogen and oxygen atoms in total. The summed E-state index contributed by atoms with van der Waals surface area (Å²) in [6, 6.07) is 6.84. The minimum atomic E-state index is -0.400. The van der Waals surface area contributed by atoms with Gasteiger partial charge in [0.1, 0.15) is 5.82 Å². The molecule has 0 spiro atoms. The topological polar surface area (TPSA) is 58.4 Å². The van der Waals surface area contributed by atoms with Gasteiger partial charge in [-0.05, 0) is 41.8 Å². The number of hydrogen-bond acceptors (Lipinski definition) is 3. The molecule has 4 rings (SSSR count). The van der Waals surface area contributed by atoms with Crippen LogP contribution in [0.4, 0.5) is 10.1 Å². The average molecular weight is 406 g/mol. The highest BCUT2D eigenvalue weighted by atomic mass is 19.1. The number of halogens is 1. The Morgan fingerprint density at radius 2 is 2.00 bits per heavy atom. The summed E-state index contributed by atoms with van der Waals surface area (Å²) in [5, 5.41) is 0. The summed E-state index contributed by atoms with van der Waals surface area (Å²) in [6.07, 6.45) is 7.91. The van der Waals surface area contributed by atoms with Gasteiger partial charge in [0.15, 0.2) is 0 Å². The van der Waals surface area contributed by atoms with E-state index < -0.39 is 5.82 Å². The molecule has 0 unspecified atom stereocenters. The molecule has 0 fully saturated rings. The molecule has 1 aliphatic heterocycles. The van der Waals surface area contributed by atoms with Gasteiger partial charge in [-0.2, -0.15) is 0 Å². The number of fused-ring (bicyclic) bond motifs is 1. The summed E-state index contributed by atoms with van der Waals surface area (Å²) in [7, 11) is 5.26. The molecular formula is C23H23FN4O2. The number of carbonyl (C=O) groups excluding carboxylic acids is 2. The summed E-state index contributed by atoms with van der Waals surface area (Å²) in [5.74, 6) is -0.499. The number of anilines is 1. The third-order valence-electron chi connectivity index (χ3n) is 5.46. The highest BCUT2D eigenvalue weighted by molar-refractivity contribution is 5.96. The minimum Gasteiger partial charge on any atom is -0.356 e. The second kappa shape index (κ2) is 7.74. The number of carbonyl (C=O) groups is 2. The first-order valence-corrected chi connectivity index (χ1v) is 9.74. The second-order valence-electron chi connectivity index (χ2n) is 7.72. The normalized spacial score (nSPS) is 13.3. The van der Waals surface area contributed by atoms with Gasteiger partial charge in [0.25, 0.3) is 5.91 Å². The lowest BCUT2D eigenvalue weighted by Gasteiger charge is -2.26. The van der Waals surface area contributed by atoms with Crippen molar-refractivity contribution in [2.75, 3.05) is 19.0 Å². The van der Waals surface area contributed by atoms with Crippen molar-refractivity contribution < 1.29 is 14.0 Å². The molecule has 3 heterocycles. The van der Waals surface area contributed by atoms with Crippen LogP contribution < -0.4 is 4.90 Å². The van der Waals surface area contributed by atoms with Crippen molar-refractivity contribution in [2.24, 2.45) is 7.05 Å². The minimum absolute atomic E-state index is 0.00978. The molecular weight excluding hydrogens is 383 g/mol. The van der Waals surface area contributed by atoms with Gasteiger partial charge in [0.05, 0.1) is 5.56 Å². The summed E-state index contributed by atoms with van der Waals surface area (Å²) >= 11 is 0. The molecule has 30 heavy (non-hydrogen) atoms. The van der Waals surface area contributed by atoms with E-state index in [2.05, 4.69) is 4.98 Å². The van der Waals surface area contributed by atoms with Crippen LogP contribution in [0.5, 0.6) is 0 Å². The van der Waals surface area contributed by atoms with E-state index in [1.807, 2.05) is 23.9 Å². The van der Waals surface area contributed by atoms with E-state index in [1.165, 1.54) is 11.0 Å². The largest absolute Gasteiger partial charge is 0.356 e. The number of aromatic nitrogens is 2. The van der Waals surface area contributed by atoms with E-state index >= 15 is 0 Å². The first-order valence-electron chi connectivity index (χ1n) is 9.74. The molecule has 0 N–H and O–H groups in total. The monoisotopic (exact) mass is 406 g/mol. The lowest BCUT2D eigenvalue weighted by atomic mass is 9.95. The maximum atomic E-state index is 14.9. The van der Waals surface area contributed by atoms with Crippen LogP contribution in [0.1, 0.15) is 27.9 Å². The Hall–Kier alpha value is -3.48. The molecule has 0 bridgehead atoms. The predicted molar refractivity (Wildman–Crippen MR) is 113 cm³/mol. The van der Waals surface area contributed by atoms with Crippen molar-refractivity contribution in [2.45, 2.75) is 19.4 Å². The third-order valence-corrected chi connectivity index (χ3v) is 5.46. The van der Waals surface area contributed by atoms with Crippen LogP contribution in [-0.4, -0.2) is 40.4 Å². The quantitative estimate of drug-likeness (QED) is 0.667. The van der Waals surface area contributed by atoms with Crippen LogP contribution in [0, 0.1) is 5.82 Å². The molecule has 1 aliphatic rings. The van der Waals surface area contributed by atoms with Gasteiger partial charge < -0.3 is 14.4 Å². The molecule has 0 saturated heterocycles. The van der Waals surface area contributed by atoms with E-state index in [1.54, 1.807) is 49.7 Å². The van der Waals surface area contributed by atoms with E-state index in [-0.39, 0.29) is 11.8 Å². The molecule has 154 valence electrons. The smallest absolute Gasteiger partial charge is 0.255 e. The van der Waals surface area contributed by atoms with Crippen molar-refractivity contribution in [3.05, 3.63) is 71.6 Å². The van der Waals surface area contributed by atoms with Crippen LogP contribution in [-0.2, 0) is 24.8 Å². The van der Waals surface area contributed by atoms with Crippen LogP contribution in [0.2, 0.25) is 0 Å². The van der Waals surface area contributed by atoms with Gasteiger partial charge in [0, 0.05) is 75.7 Å². The first-order chi connectivity index (χ1) is 14.3. The van der Waals surface area contributed by atoms with E-state index in [0.717, 1.165) is 11.1 Å². The molecule has 0 atom stereocenters. The SMILES string of the molecule is CN(Cc1cncc(-c2cc3c(cc2F)N(C)C(=O)CC3)c1)C(=O)c1ccn(C)c1. The van der Waals surface area contributed by atoms with Crippen LogP contribution in [0.15, 0.2) is 49.1 Å². The number of hydrogen-bond donors (Lipinski definition) is 0. The Bertz CT molecular complexity index is 1140. The molecule has 3 aromatic rings. The lowest BCUT2D eigenvalue weighted by molar-refractivity contribution is -0.118. The number of amides is 2. The van der Waals surface area contributed by atoms with Gasteiger partial charge in [-0.15, -0.1) is 0 Å². The maximum Gasteiger partial charge on any atom is 0.255 e. The van der Waals surface area contributed by atoms with Crippen LogP contribution in [0.3, 0.4) is 0 Å². The molecule has 2 aromatic heterocycles. The van der Waals surface area contributed by atoms with Crippen molar-refractivity contribution in [3.8, 4) is 11.1 Å². The Morgan fingerprint density at radius 3 is 2.73 bits per heavy atom. The van der Waals surface area contributed by atoms with Gasteiger partial charge >= 0.3 is 0 Å². The molecule has 1 aromatic carbocycles. The highest BCUT2D eigenvalue weighted by Gasteiger charge is 2.23. The number of pyridine rings is 1. The molecule has 2 amide bonds. The van der Waals surface area contributed by atoms with E-state index in [4.69, 9.17) is 0 Å². The Labute approximate surface area is 174 Å². The average Bonchev–Trinajstić information content (AvgIpc) is 3.16. The number of aryl methyl sites for hydroxylation is 2. The standard InChI is InChI=1S/C23H23FN4O2/c1-26-7-6-17(14-26)23(30)27(2)13-15-8-18(12-25-11-15)19-9-16-4-5-22(29)28(3)21(16)10-20(19)24/h6-12,14H,4-5,13H2,1-3H3. The van der Waals surface area contributed by atoms with Crippen molar-refractivity contribution in [1.29, 1.82) is 0 Å². The van der Waals surface area contributed by atoms with Crippen molar-refractivity contribution in [1.82, 2.24) is 14.5 Å². The first kappa shape index (κ1) is 19.8. The van der Waals surface area contributed by atoms with Crippen molar-refractivity contribution >= 4 is 17.5 Å². The number of rotatable bonds is 4. The second-order valence-corrected chi connectivity index (χ2v) is 7.72. The van der Waals surface area contributed by atoms with E-state index in [0.29, 0.717) is 41.8 Å². The molecule has 0 radical (unpaired) electrons. The number of nitrogens with zero attached hydrogens (tertiary/aromatic N) is 4. The summed E-state index contributed by atoms with van der Waals surface area (Å²) in [5.41, 5.74) is 4.07. The molecule has 7 heteroatoms. The van der Waals surface area contributed by atoms with Gasteiger partial charge in [-0.3, -0.25) is 14.6 Å². The summed E-state index contributed by atoms with van der Waals surface area (Å²) in [4.78, 5) is 31.9. The Morgan fingerprint density at radius 1 is 1.20 bits per heavy atom. The zero-order valence-electron chi connectivity index (χ0n) is 17.2. The van der Waals surface area contributed by atoms with Crippen molar-refractivity contribution in [3.63, 3.8) is 0 Å². The summed E-state index contributed by atoms with van der Waals surface area (Å²) in [6.45, 7) is 0.359. The highest BCUT2D eigenvalue weighted by Crippen LogP contribution is 2.33. The lowest BCUT2D eigenvalue weighted by Crippen LogP contribution is -2.31. The molecule has 0 aliphatic carbocycles. The Balaban J connectivity index is 1.59.